The summed E-state index contributed by atoms with van der Waals surface area (Å²) in [4.78, 5) is 0. The average molecular weight is 243 g/mol. The van der Waals surface area contributed by atoms with Crippen LogP contribution in [0.1, 0.15) is 11.1 Å². The van der Waals surface area contributed by atoms with E-state index in [1.54, 1.807) is 7.11 Å². The van der Waals surface area contributed by atoms with E-state index in [9.17, 15) is 0 Å². The van der Waals surface area contributed by atoms with Crippen molar-refractivity contribution < 1.29 is 9.47 Å². The second-order valence-corrected chi connectivity index (χ2v) is 4.07. The van der Waals surface area contributed by atoms with E-state index >= 15 is 0 Å². The number of aryl methyl sites for hydroxylation is 1. The van der Waals surface area contributed by atoms with Gasteiger partial charge >= 0.3 is 0 Å². The number of rotatable bonds is 4. The molecule has 2 aromatic carbocycles. The molecule has 0 spiro atoms. The number of para-hydroxylation sites is 2. The summed E-state index contributed by atoms with van der Waals surface area (Å²) in [5.41, 5.74) is 7.89. The Morgan fingerprint density at radius 1 is 1.00 bits per heavy atom. The minimum Gasteiger partial charge on any atom is -0.493 e. The monoisotopic (exact) mass is 243 g/mol. The van der Waals surface area contributed by atoms with Crippen LogP contribution in [0.4, 0.5) is 0 Å². The Balaban J connectivity index is 2.33. The number of hydrogen-bond donors (Lipinski definition) is 1. The van der Waals surface area contributed by atoms with E-state index in [0.29, 0.717) is 18.0 Å². The first-order valence-electron chi connectivity index (χ1n) is 5.85. The molecule has 0 aliphatic heterocycles. The Kier molecular flexibility index (Phi) is 3.85. The molecule has 0 bridgehead atoms. The second kappa shape index (κ2) is 5.56. The molecule has 2 N–H and O–H groups in total. The molecule has 0 unspecified atom stereocenters. The highest BCUT2D eigenvalue weighted by molar-refractivity contribution is 5.45. The molecule has 0 heterocycles. The summed E-state index contributed by atoms with van der Waals surface area (Å²) in [6, 6.07) is 13.5. The molecule has 0 fully saturated rings. The molecule has 0 saturated heterocycles. The normalized spacial score (nSPS) is 10.2. The van der Waals surface area contributed by atoms with E-state index in [-0.39, 0.29) is 0 Å². The summed E-state index contributed by atoms with van der Waals surface area (Å²) in [5.74, 6) is 2.17. The average Bonchev–Trinajstić information content (AvgIpc) is 2.41. The van der Waals surface area contributed by atoms with Crippen molar-refractivity contribution in [3.05, 3.63) is 53.6 Å². The van der Waals surface area contributed by atoms with Crippen molar-refractivity contribution in [2.24, 2.45) is 5.73 Å². The van der Waals surface area contributed by atoms with Crippen LogP contribution in [-0.2, 0) is 6.54 Å². The predicted molar refractivity (Wildman–Crippen MR) is 72.1 cm³/mol. The van der Waals surface area contributed by atoms with Crippen molar-refractivity contribution >= 4 is 0 Å². The van der Waals surface area contributed by atoms with Crippen LogP contribution in [0.3, 0.4) is 0 Å². The highest BCUT2D eigenvalue weighted by atomic mass is 16.5. The van der Waals surface area contributed by atoms with Gasteiger partial charge in [-0.3, -0.25) is 0 Å². The van der Waals surface area contributed by atoms with Gasteiger partial charge in [0, 0.05) is 12.1 Å². The van der Waals surface area contributed by atoms with E-state index in [1.165, 1.54) is 5.56 Å². The second-order valence-electron chi connectivity index (χ2n) is 4.07. The topological polar surface area (TPSA) is 44.5 Å². The van der Waals surface area contributed by atoms with Gasteiger partial charge < -0.3 is 15.2 Å². The van der Waals surface area contributed by atoms with E-state index < -0.39 is 0 Å². The zero-order valence-corrected chi connectivity index (χ0v) is 10.6. The molecule has 0 aliphatic carbocycles. The molecule has 3 heteroatoms. The first-order valence-corrected chi connectivity index (χ1v) is 5.85. The lowest BCUT2D eigenvalue weighted by Crippen LogP contribution is -2.00. The van der Waals surface area contributed by atoms with Crippen LogP contribution in [0.15, 0.2) is 42.5 Å². The third-order valence-corrected chi connectivity index (χ3v) is 2.72. The zero-order valence-electron chi connectivity index (χ0n) is 10.6. The van der Waals surface area contributed by atoms with Gasteiger partial charge in [0.25, 0.3) is 0 Å². The lowest BCUT2D eigenvalue weighted by molar-refractivity contribution is 0.377. The summed E-state index contributed by atoms with van der Waals surface area (Å²) in [7, 11) is 1.63. The zero-order chi connectivity index (χ0) is 13.0. The molecular formula is C15H17NO2. The standard InChI is InChI=1S/C15H17NO2/c1-11-7-8-13(12(9-11)10-16)18-15-6-4-3-5-14(15)17-2/h3-9H,10,16H2,1-2H3. The third-order valence-electron chi connectivity index (χ3n) is 2.72. The number of ether oxygens (including phenoxy) is 2. The molecule has 2 aromatic rings. The van der Waals surface area contributed by atoms with Gasteiger partial charge in [0.05, 0.1) is 7.11 Å². The van der Waals surface area contributed by atoms with Gasteiger partial charge in [0.2, 0.25) is 0 Å². The Hall–Kier alpha value is -2.00. The summed E-state index contributed by atoms with van der Waals surface area (Å²) in [6.07, 6.45) is 0. The van der Waals surface area contributed by atoms with Crippen LogP contribution in [0.2, 0.25) is 0 Å². The first kappa shape index (κ1) is 12.5. The van der Waals surface area contributed by atoms with Crippen molar-refractivity contribution in [1.82, 2.24) is 0 Å². The van der Waals surface area contributed by atoms with Crippen LogP contribution in [0.5, 0.6) is 17.2 Å². The minimum atomic E-state index is 0.451. The molecular weight excluding hydrogens is 226 g/mol. The molecule has 3 nitrogen and oxygen atoms in total. The fourth-order valence-electron chi connectivity index (χ4n) is 1.79. The number of methoxy groups -OCH3 is 1. The number of nitrogens with two attached hydrogens (primary N) is 1. The van der Waals surface area contributed by atoms with Crippen LogP contribution >= 0.6 is 0 Å². The lowest BCUT2D eigenvalue weighted by Gasteiger charge is -2.13. The molecule has 94 valence electrons. The van der Waals surface area contributed by atoms with Gasteiger partial charge in [-0.2, -0.15) is 0 Å². The van der Waals surface area contributed by atoms with Crippen LogP contribution < -0.4 is 15.2 Å². The smallest absolute Gasteiger partial charge is 0.169 e. The van der Waals surface area contributed by atoms with E-state index in [4.69, 9.17) is 15.2 Å². The fraction of sp³-hybridized carbons (Fsp3) is 0.200. The van der Waals surface area contributed by atoms with E-state index in [2.05, 4.69) is 0 Å². The first-order chi connectivity index (χ1) is 8.74. The Morgan fingerprint density at radius 3 is 2.39 bits per heavy atom. The summed E-state index contributed by atoms with van der Waals surface area (Å²) < 4.78 is 11.1. The summed E-state index contributed by atoms with van der Waals surface area (Å²) in [5, 5.41) is 0. The maximum atomic E-state index is 5.87. The van der Waals surface area contributed by atoms with Gasteiger partial charge in [0.15, 0.2) is 11.5 Å². The number of hydrogen-bond acceptors (Lipinski definition) is 3. The molecule has 0 aromatic heterocycles. The van der Waals surface area contributed by atoms with Gasteiger partial charge in [0.1, 0.15) is 5.75 Å². The fourth-order valence-corrected chi connectivity index (χ4v) is 1.79. The van der Waals surface area contributed by atoms with Crippen LogP contribution in [-0.4, -0.2) is 7.11 Å². The lowest BCUT2D eigenvalue weighted by atomic mass is 10.1. The molecule has 0 aliphatic rings. The molecule has 0 radical (unpaired) electrons. The molecule has 0 amide bonds. The van der Waals surface area contributed by atoms with E-state index in [1.807, 2.05) is 49.4 Å². The summed E-state index contributed by atoms with van der Waals surface area (Å²) in [6.45, 7) is 2.48. The molecule has 2 rings (SSSR count). The van der Waals surface area contributed by atoms with Gasteiger partial charge in [-0.15, -0.1) is 0 Å². The quantitative estimate of drug-likeness (QED) is 0.896. The molecule has 18 heavy (non-hydrogen) atoms. The Labute approximate surface area is 107 Å². The Bertz CT molecular complexity index is 538. The highest BCUT2D eigenvalue weighted by Crippen LogP contribution is 2.32. The van der Waals surface area contributed by atoms with Gasteiger partial charge in [-0.05, 0) is 25.1 Å². The largest absolute Gasteiger partial charge is 0.493 e. The van der Waals surface area contributed by atoms with Crippen molar-refractivity contribution in [2.45, 2.75) is 13.5 Å². The predicted octanol–water partition coefficient (Wildman–Crippen LogP) is 3.25. The van der Waals surface area contributed by atoms with E-state index in [0.717, 1.165) is 11.3 Å². The SMILES string of the molecule is COc1ccccc1Oc1ccc(C)cc1CN. The molecule has 0 atom stereocenters. The van der Waals surface area contributed by atoms with Gasteiger partial charge in [-0.25, -0.2) is 0 Å². The molecule has 0 saturated carbocycles. The highest BCUT2D eigenvalue weighted by Gasteiger charge is 2.07. The van der Waals surface area contributed by atoms with Crippen molar-refractivity contribution in [3.63, 3.8) is 0 Å². The maximum absolute atomic E-state index is 5.87. The number of benzene rings is 2. The van der Waals surface area contributed by atoms with Crippen molar-refractivity contribution in [3.8, 4) is 17.2 Å². The van der Waals surface area contributed by atoms with Crippen LogP contribution in [0, 0.1) is 6.92 Å². The van der Waals surface area contributed by atoms with Crippen LogP contribution in [0.25, 0.3) is 0 Å². The third kappa shape index (κ3) is 2.63. The maximum Gasteiger partial charge on any atom is 0.169 e. The Morgan fingerprint density at radius 2 is 1.72 bits per heavy atom. The minimum absolute atomic E-state index is 0.451. The van der Waals surface area contributed by atoms with Crippen molar-refractivity contribution in [1.29, 1.82) is 0 Å². The van der Waals surface area contributed by atoms with Gasteiger partial charge in [-0.1, -0.05) is 29.8 Å². The summed E-state index contributed by atoms with van der Waals surface area (Å²) >= 11 is 0. The van der Waals surface area contributed by atoms with Crippen molar-refractivity contribution in [2.75, 3.05) is 7.11 Å².